The molecule has 0 bridgehead atoms. The first-order chi connectivity index (χ1) is 14.3. The molecule has 0 aliphatic heterocycles. The number of benzene rings is 1. The molecule has 6 nitrogen and oxygen atoms in total. The molecule has 3 aromatic rings. The van der Waals surface area contributed by atoms with Crippen molar-refractivity contribution >= 4 is 50.9 Å². The van der Waals surface area contributed by atoms with E-state index in [1.165, 1.54) is 4.68 Å². The lowest BCUT2D eigenvalue weighted by Crippen LogP contribution is -2.21. The zero-order valence-corrected chi connectivity index (χ0v) is 18.6. The number of hydrogen-bond acceptors (Lipinski definition) is 3. The number of carbonyl (C=O) groups excluding carboxylic acids is 1. The number of nitrogens with one attached hydrogen (secondary N) is 1. The Hall–Kier alpha value is -1.97. The topological polar surface area (TPSA) is 64.7 Å². The minimum Gasteiger partial charge on any atom is -0.306 e. The molecule has 0 spiro atoms. The van der Waals surface area contributed by atoms with Crippen molar-refractivity contribution in [3.8, 4) is 0 Å². The molecule has 1 aromatic carbocycles. The number of carbonyl (C=O) groups is 1. The summed E-state index contributed by atoms with van der Waals surface area (Å²) in [5.74, 6) is -0.148. The Labute approximate surface area is 189 Å². The molecule has 1 saturated carbocycles. The third kappa shape index (κ3) is 4.53. The van der Waals surface area contributed by atoms with Gasteiger partial charge in [-0.15, -0.1) is 0 Å². The fourth-order valence-electron chi connectivity index (χ4n) is 3.15. The maximum absolute atomic E-state index is 13.2. The van der Waals surface area contributed by atoms with Gasteiger partial charge in [-0.25, -0.2) is 8.78 Å². The van der Waals surface area contributed by atoms with E-state index in [0.717, 1.165) is 18.4 Å². The first-order valence-corrected chi connectivity index (χ1v) is 10.7. The number of hydrogen-bond donors (Lipinski definition) is 1. The van der Waals surface area contributed by atoms with E-state index in [1.807, 2.05) is 18.2 Å². The first-order valence-electron chi connectivity index (χ1n) is 9.14. The van der Waals surface area contributed by atoms with Crippen LogP contribution in [0.3, 0.4) is 0 Å². The van der Waals surface area contributed by atoms with Gasteiger partial charge >= 0.3 is 0 Å². The van der Waals surface area contributed by atoms with E-state index in [2.05, 4.69) is 31.4 Å². The fourth-order valence-corrected chi connectivity index (χ4v) is 4.32. The predicted octanol–water partition coefficient (Wildman–Crippen LogP) is 5.65. The lowest BCUT2D eigenvalue weighted by molar-refractivity contribution is -0.117. The van der Waals surface area contributed by atoms with Gasteiger partial charge < -0.3 is 5.32 Å². The minimum atomic E-state index is -2.73. The number of alkyl halides is 2. The van der Waals surface area contributed by atoms with Crippen LogP contribution in [-0.4, -0.2) is 25.5 Å². The van der Waals surface area contributed by atoms with Gasteiger partial charge in [-0.05, 0) is 40.4 Å². The molecule has 1 N–H and O–H groups in total. The summed E-state index contributed by atoms with van der Waals surface area (Å²) in [6.45, 7) is 0.162. The van der Waals surface area contributed by atoms with Crippen LogP contribution in [0, 0.1) is 0 Å². The van der Waals surface area contributed by atoms with Crippen LogP contribution in [-0.2, 0) is 17.9 Å². The van der Waals surface area contributed by atoms with Gasteiger partial charge in [0.1, 0.15) is 17.3 Å². The molecule has 11 heteroatoms. The monoisotopic (exact) mass is 517 g/mol. The summed E-state index contributed by atoms with van der Waals surface area (Å²) in [5.41, 5.74) is 1.12. The van der Waals surface area contributed by atoms with Gasteiger partial charge in [-0.1, -0.05) is 41.4 Å². The van der Waals surface area contributed by atoms with Gasteiger partial charge in [-0.3, -0.25) is 14.2 Å². The summed E-state index contributed by atoms with van der Waals surface area (Å²) < 4.78 is 29.6. The standard InChI is InChI=1S/C19H16BrCl2F2N5O/c20-15-16(18(23)24)26-29(17(15)10-5-6-10)9-14(30)25-19-13(22)8-28(27-19)7-11-3-1-2-4-12(11)21/h1-4,8,10,18H,5-7,9H2,(H,25,27,30). The molecule has 1 aliphatic carbocycles. The maximum Gasteiger partial charge on any atom is 0.283 e. The van der Waals surface area contributed by atoms with Crippen LogP contribution in [0.25, 0.3) is 0 Å². The minimum absolute atomic E-state index is 0.130. The molecule has 4 rings (SSSR count). The third-order valence-electron chi connectivity index (χ3n) is 4.69. The molecular weight excluding hydrogens is 503 g/mol. The van der Waals surface area contributed by atoms with E-state index in [1.54, 1.807) is 16.9 Å². The van der Waals surface area contributed by atoms with Crippen molar-refractivity contribution in [2.24, 2.45) is 0 Å². The van der Waals surface area contributed by atoms with Gasteiger partial charge in [-0.2, -0.15) is 10.2 Å². The number of nitrogens with zero attached hydrogens (tertiary/aromatic N) is 4. The summed E-state index contributed by atoms with van der Waals surface area (Å²) in [7, 11) is 0. The summed E-state index contributed by atoms with van der Waals surface area (Å²) >= 11 is 15.6. The lowest BCUT2D eigenvalue weighted by atomic mass is 10.2. The number of aromatic nitrogens is 4. The summed E-state index contributed by atoms with van der Waals surface area (Å²) in [5, 5.41) is 11.7. The molecule has 158 valence electrons. The number of rotatable bonds is 7. The maximum atomic E-state index is 13.2. The molecule has 0 radical (unpaired) electrons. The van der Waals surface area contributed by atoms with E-state index < -0.39 is 12.3 Å². The molecule has 0 atom stereocenters. The lowest BCUT2D eigenvalue weighted by Gasteiger charge is -2.07. The Morgan fingerprint density at radius 2 is 1.97 bits per heavy atom. The highest BCUT2D eigenvalue weighted by atomic mass is 79.9. The largest absolute Gasteiger partial charge is 0.306 e. The van der Waals surface area contributed by atoms with Crippen molar-refractivity contribution in [2.75, 3.05) is 5.32 Å². The third-order valence-corrected chi connectivity index (χ3v) is 6.14. The van der Waals surface area contributed by atoms with E-state index in [9.17, 15) is 13.6 Å². The van der Waals surface area contributed by atoms with Crippen molar-refractivity contribution in [3.05, 3.63) is 61.9 Å². The molecule has 0 unspecified atom stereocenters. The van der Waals surface area contributed by atoms with Crippen LogP contribution in [0.4, 0.5) is 14.6 Å². The second kappa shape index (κ2) is 8.64. The molecular formula is C19H16BrCl2F2N5O. The second-order valence-corrected chi connectivity index (χ2v) is 8.59. The Balaban J connectivity index is 1.48. The molecule has 1 fully saturated rings. The number of amides is 1. The normalized spacial score (nSPS) is 13.8. The summed E-state index contributed by atoms with van der Waals surface area (Å²) in [6.07, 6.45) is 0.617. The zero-order valence-electron chi connectivity index (χ0n) is 15.5. The van der Waals surface area contributed by atoms with Gasteiger partial charge in [0.05, 0.1) is 16.7 Å². The van der Waals surface area contributed by atoms with E-state index in [4.69, 9.17) is 23.2 Å². The van der Waals surface area contributed by atoms with Gasteiger partial charge in [0.15, 0.2) is 5.82 Å². The van der Waals surface area contributed by atoms with Crippen molar-refractivity contribution in [1.29, 1.82) is 0 Å². The highest BCUT2D eigenvalue weighted by molar-refractivity contribution is 9.10. The summed E-state index contributed by atoms with van der Waals surface area (Å²) in [6, 6.07) is 7.34. The first kappa shape index (κ1) is 21.3. The van der Waals surface area contributed by atoms with E-state index >= 15 is 0 Å². The Bertz CT molecular complexity index is 1100. The van der Waals surface area contributed by atoms with Crippen molar-refractivity contribution in [2.45, 2.75) is 38.3 Å². The highest BCUT2D eigenvalue weighted by Gasteiger charge is 2.34. The van der Waals surface area contributed by atoms with Crippen LogP contribution in [0.2, 0.25) is 10.0 Å². The highest BCUT2D eigenvalue weighted by Crippen LogP contribution is 2.45. The molecule has 2 heterocycles. The Morgan fingerprint density at radius 1 is 1.23 bits per heavy atom. The molecule has 30 heavy (non-hydrogen) atoms. The Kier molecular flexibility index (Phi) is 6.13. The number of halogens is 5. The van der Waals surface area contributed by atoms with Gasteiger partial charge in [0, 0.05) is 17.1 Å². The van der Waals surface area contributed by atoms with Crippen LogP contribution in [0.1, 0.15) is 42.1 Å². The van der Waals surface area contributed by atoms with Crippen LogP contribution >= 0.6 is 39.1 Å². The van der Waals surface area contributed by atoms with Crippen LogP contribution in [0.15, 0.2) is 34.9 Å². The predicted molar refractivity (Wildman–Crippen MR) is 113 cm³/mol. The second-order valence-electron chi connectivity index (χ2n) is 6.98. The zero-order chi connectivity index (χ0) is 21.4. The van der Waals surface area contributed by atoms with E-state index in [0.29, 0.717) is 17.3 Å². The van der Waals surface area contributed by atoms with Gasteiger partial charge in [0.2, 0.25) is 5.91 Å². The van der Waals surface area contributed by atoms with Gasteiger partial charge in [0.25, 0.3) is 6.43 Å². The smallest absolute Gasteiger partial charge is 0.283 e. The average Bonchev–Trinajstić information content (AvgIpc) is 3.38. The number of anilines is 1. The molecule has 0 saturated heterocycles. The Morgan fingerprint density at radius 3 is 2.63 bits per heavy atom. The van der Waals surface area contributed by atoms with E-state index in [-0.39, 0.29) is 33.5 Å². The van der Waals surface area contributed by atoms with Crippen molar-refractivity contribution < 1.29 is 13.6 Å². The fraction of sp³-hybridized carbons (Fsp3) is 0.316. The SMILES string of the molecule is O=C(Cn1nc(C(F)F)c(Br)c1C1CC1)Nc1nn(Cc2ccccc2Cl)cc1Cl. The van der Waals surface area contributed by atoms with Crippen LogP contribution in [0.5, 0.6) is 0 Å². The molecule has 2 aromatic heterocycles. The van der Waals surface area contributed by atoms with Crippen molar-refractivity contribution in [1.82, 2.24) is 19.6 Å². The average molecular weight is 519 g/mol. The summed E-state index contributed by atoms with van der Waals surface area (Å²) in [4.78, 5) is 12.5. The van der Waals surface area contributed by atoms with Crippen molar-refractivity contribution in [3.63, 3.8) is 0 Å². The van der Waals surface area contributed by atoms with Crippen LogP contribution < -0.4 is 5.32 Å². The molecule has 1 aliphatic rings. The molecule has 1 amide bonds. The quantitative estimate of drug-likeness (QED) is 0.439.